The highest BCUT2D eigenvalue weighted by atomic mass is 79.9. The van der Waals surface area contributed by atoms with Gasteiger partial charge in [-0.1, -0.05) is 15.9 Å². The zero-order chi connectivity index (χ0) is 15.1. The average Bonchev–Trinajstić information content (AvgIpc) is 2.45. The van der Waals surface area contributed by atoms with Gasteiger partial charge in [-0.3, -0.25) is 4.90 Å². The zero-order valence-corrected chi connectivity index (χ0v) is 14.4. The van der Waals surface area contributed by atoms with Gasteiger partial charge in [0.05, 0.1) is 26.4 Å². The highest BCUT2D eigenvalue weighted by Gasteiger charge is 2.09. The summed E-state index contributed by atoms with van der Waals surface area (Å²) in [6.07, 6.45) is 0. The molecule has 0 bridgehead atoms. The Hall–Kier alpha value is -0.620. The van der Waals surface area contributed by atoms with E-state index in [0.29, 0.717) is 13.2 Å². The third-order valence-electron chi connectivity index (χ3n) is 3.55. The summed E-state index contributed by atoms with van der Waals surface area (Å²) in [5.74, 6) is 0.968. The third kappa shape index (κ3) is 5.58. The van der Waals surface area contributed by atoms with Gasteiger partial charge in [0.25, 0.3) is 0 Å². The third-order valence-corrected chi connectivity index (χ3v) is 4.01. The summed E-state index contributed by atoms with van der Waals surface area (Å²) < 4.78 is 17.9. The van der Waals surface area contributed by atoms with E-state index in [-0.39, 0.29) is 0 Å². The van der Waals surface area contributed by atoms with Crippen LogP contribution in [0.5, 0.6) is 5.75 Å². The van der Waals surface area contributed by atoms with E-state index >= 15 is 0 Å². The molecule has 4 nitrogen and oxygen atoms in total. The van der Waals surface area contributed by atoms with Gasteiger partial charge in [0.2, 0.25) is 0 Å². The fourth-order valence-corrected chi connectivity index (χ4v) is 3.13. The van der Waals surface area contributed by atoms with Gasteiger partial charge in [-0.05, 0) is 37.1 Å². The van der Waals surface area contributed by atoms with Crippen LogP contribution >= 0.6 is 15.9 Å². The van der Waals surface area contributed by atoms with Gasteiger partial charge < -0.3 is 14.2 Å². The van der Waals surface area contributed by atoms with Gasteiger partial charge in [0, 0.05) is 24.1 Å². The molecule has 0 unspecified atom stereocenters. The summed E-state index contributed by atoms with van der Waals surface area (Å²) in [5.41, 5.74) is 2.30. The molecule has 1 aromatic carbocycles. The number of hydrogen-bond donors (Lipinski definition) is 0. The van der Waals surface area contributed by atoms with Crippen LogP contribution in [0, 0.1) is 13.8 Å². The zero-order valence-electron chi connectivity index (χ0n) is 12.9. The SMILES string of the molecule is Cc1cc(Br)cc(C)c1OCCOCCN1CCOCC1. The molecule has 2 rings (SSSR count). The first-order valence-corrected chi connectivity index (χ1v) is 8.23. The first-order valence-electron chi connectivity index (χ1n) is 7.44. The van der Waals surface area contributed by atoms with E-state index in [1.54, 1.807) is 0 Å². The van der Waals surface area contributed by atoms with Crippen LogP contribution in [0.25, 0.3) is 0 Å². The van der Waals surface area contributed by atoms with Crippen LogP contribution in [0.4, 0.5) is 0 Å². The normalized spacial score (nSPS) is 16.1. The molecule has 0 aromatic heterocycles. The second kappa shape index (κ2) is 8.73. The number of nitrogens with zero attached hydrogens (tertiary/aromatic N) is 1. The molecular weight excluding hydrogens is 334 g/mol. The molecule has 118 valence electrons. The Kier molecular flexibility index (Phi) is 6.96. The summed E-state index contributed by atoms with van der Waals surface area (Å²) in [4.78, 5) is 2.37. The fourth-order valence-electron chi connectivity index (χ4n) is 2.45. The molecule has 5 heteroatoms. The first kappa shape index (κ1) is 16.7. The van der Waals surface area contributed by atoms with Crippen LogP contribution in [0.15, 0.2) is 16.6 Å². The molecule has 0 atom stereocenters. The van der Waals surface area contributed by atoms with Crippen molar-refractivity contribution in [2.75, 3.05) is 52.7 Å². The van der Waals surface area contributed by atoms with E-state index in [4.69, 9.17) is 14.2 Å². The minimum absolute atomic E-state index is 0.590. The Labute approximate surface area is 135 Å². The second-order valence-electron chi connectivity index (χ2n) is 5.28. The maximum absolute atomic E-state index is 5.84. The molecule has 0 spiro atoms. The minimum atomic E-state index is 0.590. The van der Waals surface area contributed by atoms with E-state index < -0.39 is 0 Å². The maximum atomic E-state index is 5.84. The predicted molar refractivity (Wildman–Crippen MR) is 87.2 cm³/mol. The van der Waals surface area contributed by atoms with Crippen molar-refractivity contribution in [1.29, 1.82) is 0 Å². The quantitative estimate of drug-likeness (QED) is 0.702. The largest absolute Gasteiger partial charge is 0.491 e. The van der Waals surface area contributed by atoms with Crippen molar-refractivity contribution in [1.82, 2.24) is 4.90 Å². The molecule has 1 aliphatic heterocycles. The molecule has 0 saturated carbocycles. The van der Waals surface area contributed by atoms with E-state index in [1.807, 2.05) is 0 Å². The number of halogens is 1. The van der Waals surface area contributed by atoms with Crippen molar-refractivity contribution in [2.24, 2.45) is 0 Å². The Morgan fingerprint density at radius 3 is 2.43 bits per heavy atom. The first-order chi connectivity index (χ1) is 10.2. The predicted octanol–water partition coefficient (Wildman–Crippen LogP) is 2.79. The van der Waals surface area contributed by atoms with E-state index in [0.717, 1.165) is 60.8 Å². The molecule has 1 heterocycles. The standard InChI is InChI=1S/C16H24BrNO3/c1-13-11-15(17)12-14(2)16(13)21-10-9-20-8-5-18-3-6-19-7-4-18/h11-12H,3-10H2,1-2H3. The van der Waals surface area contributed by atoms with Gasteiger partial charge in [0.15, 0.2) is 0 Å². The summed E-state index contributed by atoms with van der Waals surface area (Å²) in [7, 11) is 0. The number of ether oxygens (including phenoxy) is 3. The van der Waals surface area contributed by atoms with Crippen molar-refractivity contribution >= 4 is 15.9 Å². The van der Waals surface area contributed by atoms with Gasteiger partial charge in [-0.25, -0.2) is 0 Å². The number of morpholine rings is 1. The topological polar surface area (TPSA) is 30.9 Å². The van der Waals surface area contributed by atoms with Crippen LogP contribution in [0.3, 0.4) is 0 Å². The molecule has 1 aromatic rings. The molecule has 1 saturated heterocycles. The molecular formula is C16H24BrNO3. The molecule has 1 fully saturated rings. The Morgan fingerprint density at radius 2 is 1.76 bits per heavy atom. The van der Waals surface area contributed by atoms with E-state index in [1.165, 1.54) is 0 Å². The smallest absolute Gasteiger partial charge is 0.125 e. The van der Waals surface area contributed by atoms with Crippen LogP contribution in [0.2, 0.25) is 0 Å². The minimum Gasteiger partial charge on any atom is -0.491 e. The van der Waals surface area contributed by atoms with Gasteiger partial charge in [-0.2, -0.15) is 0 Å². The number of aryl methyl sites for hydroxylation is 2. The van der Waals surface area contributed by atoms with Crippen LogP contribution in [0.1, 0.15) is 11.1 Å². The maximum Gasteiger partial charge on any atom is 0.125 e. The Balaban J connectivity index is 1.61. The molecule has 0 amide bonds. The van der Waals surface area contributed by atoms with Crippen LogP contribution in [-0.2, 0) is 9.47 Å². The van der Waals surface area contributed by atoms with Crippen LogP contribution < -0.4 is 4.74 Å². The highest BCUT2D eigenvalue weighted by molar-refractivity contribution is 9.10. The molecule has 1 aliphatic rings. The summed E-state index contributed by atoms with van der Waals surface area (Å²) >= 11 is 3.49. The van der Waals surface area contributed by atoms with Gasteiger partial charge >= 0.3 is 0 Å². The lowest BCUT2D eigenvalue weighted by molar-refractivity contribution is 0.0170. The lowest BCUT2D eigenvalue weighted by atomic mass is 10.1. The van der Waals surface area contributed by atoms with Crippen molar-refractivity contribution < 1.29 is 14.2 Å². The Morgan fingerprint density at radius 1 is 1.10 bits per heavy atom. The summed E-state index contributed by atoms with van der Waals surface area (Å²) in [6, 6.07) is 4.14. The second-order valence-corrected chi connectivity index (χ2v) is 6.20. The average molecular weight is 358 g/mol. The molecule has 21 heavy (non-hydrogen) atoms. The van der Waals surface area contributed by atoms with Crippen molar-refractivity contribution in [3.63, 3.8) is 0 Å². The van der Waals surface area contributed by atoms with E-state index in [9.17, 15) is 0 Å². The summed E-state index contributed by atoms with van der Waals surface area (Å²) in [6.45, 7) is 10.8. The van der Waals surface area contributed by atoms with Gasteiger partial charge in [0.1, 0.15) is 12.4 Å². The highest BCUT2D eigenvalue weighted by Crippen LogP contribution is 2.27. The lowest BCUT2D eigenvalue weighted by Gasteiger charge is -2.26. The van der Waals surface area contributed by atoms with Crippen molar-refractivity contribution in [3.8, 4) is 5.75 Å². The van der Waals surface area contributed by atoms with E-state index in [2.05, 4.69) is 46.8 Å². The Bertz CT molecular complexity index is 424. The number of benzene rings is 1. The number of hydrogen-bond acceptors (Lipinski definition) is 4. The van der Waals surface area contributed by atoms with Crippen LogP contribution in [-0.4, -0.2) is 57.6 Å². The molecule has 0 aliphatic carbocycles. The molecule has 0 N–H and O–H groups in total. The summed E-state index contributed by atoms with van der Waals surface area (Å²) in [5, 5.41) is 0. The lowest BCUT2D eigenvalue weighted by Crippen LogP contribution is -2.38. The van der Waals surface area contributed by atoms with Crippen molar-refractivity contribution in [2.45, 2.75) is 13.8 Å². The molecule has 0 radical (unpaired) electrons. The number of rotatable bonds is 7. The van der Waals surface area contributed by atoms with Crippen molar-refractivity contribution in [3.05, 3.63) is 27.7 Å². The van der Waals surface area contributed by atoms with Gasteiger partial charge in [-0.15, -0.1) is 0 Å². The monoisotopic (exact) mass is 357 g/mol. The fraction of sp³-hybridized carbons (Fsp3) is 0.625.